The molecule has 0 bridgehead atoms. The van der Waals surface area contributed by atoms with Crippen LogP contribution in [0.5, 0.6) is 0 Å². The second-order valence-corrected chi connectivity index (χ2v) is 20.2. The molecule has 0 amide bonds. The molecular weight excluding hydrogens is 735 g/mol. The first-order chi connectivity index (χ1) is 29.3. The summed E-state index contributed by atoms with van der Waals surface area (Å²) in [5.74, 6) is 0. The molecule has 1 spiro atoms. The lowest BCUT2D eigenvalue weighted by atomic mass is 9.69. The van der Waals surface area contributed by atoms with E-state index in [0.29, 0.717) is 0 Å². The summed E-state index contributed by atoms with van der Waals surface area (Å²) in [4.78, 5) is 2.51. The zero-order chi connectivity index (χ0) is 42.1. The van der Waals surface area contributed by atoms with Gasteiger partial charge in [0.15, 0.2) is 0 Å². The van der Waals surface area contributed by atoms with E-state index >= 15 is 0 Å². The summed E-state index contributed by atoms with van der Waals surface area (Å²) >= 11 is 0. The highest BCUT2D eigenvalue weighted by Crippen LogP contribution is 2.64. The van der Waals surface area contributed by atoms with Gasteiger partial charge in [-0.05, 0) is 125 Å². The van der Waals surface area contributed by atoms with Crippen LogP contribution in [0.1, 0.15) is 99.9 Å². The summed E-state index contributed by atoms with van der Waals surface area (Å²) < 4.78 is 0. The number of rotatable bonds is 4. The smallest absolute Gasteiger partial charge is 0.0725 e. The normalized spacial score (nSPS) is 14.8. The lowest BCUT2D eigenvalue weighted by molar-refractivity contribution is 0.586. The van der Waals surface area contributed by atoms with Gasteiger partial charge < -0.3 is 4.90 Å². The molecule has 0 N–H and O–H groups in total. The maximum atomic E-state index is 2.54. The quantitative estimate of drug-likeness (QED) is 0.172. The van der Waals surface area contributed by atoms with Crippen molar-refractivity contribution in [1.82, 2.24) is 0 Å². The first-order valence-corrected chi connectivity index (χ1v) is 22.0. The van der Waals surface area contributed by atoms with E-state index in [1.807, 2.05) is 0 Å². The molecule has 0 saturated heterocycles. The summed E-state index contributed by atoms with van der Waals surface area (Å²) in [5, 5.41) is 0. The van der Waals surface area contributed by atoms with Crippen molar-refractivity contribution in [1.29, 1.82) is 0 Å². The van der Waals surface area contributed by atoms with E-state index in [0.717, 1.165) is 17.1 Å². The minimum absolute atomic E-state index is 0.00457. The third-order valence-electron chi connectivity index (χ3n) is 14.2. The minimum atomic E-state index is -0.451. The van der Waals surface area contributed by atoms with Gasteiger partial charge in [-0.15, -0.1) is 0 Å². The second kappa shape index (κ2) is 13.0. The van der Waals surface area contributed by atoms with Crippen LogP contribution in [0.2, 0.25) is 0 Å². The number of hydrogen-bond donors (Lipinski definition) is 0. The lowest BCUT2D eigenvalue weighted by Crippen LogP contribution is -2.27. The van der Waals surface area contributed by atoms with Gasteiger partial charge in [-0.25, -0.2) is 0 Å². The predicted octanol–water partition coefficient (Wildman–Crippen LogP) is 16.1. The number of benzene rings is 8. The van der Waals surface area contributed by atoms with Gasteiger partial charge in [0.1, 0.15) is 0 Å². The summed E-state index contributed by atoms with van der Waals surface area (Å²) in [7, 11) is 0. The topological polar surface area (TPSA) is 3.24 Å². The molecule has 0 saturated carbocycles. The van der Waals surface area contributed by atoms with E-state index in [1.54, 1.807) is 0 Å². The van der Waals surface area contributed by atoms with Gasteiger partial charge in [-0.1, -0.05) is 201 Å². The molecule has 0 atom stereocenters. The van der Waals surface area contributed by atoms with Crippen LogP contribution in [0.4, 0.5) is 17.1 Å². The van der Waals surface area contributed by atoms with Crippen LogP contribution in [-0.2, 0) is 21.7 Å². The van der Waals surface area contributed by atoms with E-state index in [9.17, 15) is 0 Å². The Labute approximate surface area is 362 Å². The molecule has 8 aromatic carbocycles. The fourth-order valence-electron chi connectivity index (χ4n) is 11.1. The van der Waals surface area contributed by atoms with Crippen molar-refractivity contribution >= 4 is 17.1 Å². The number of nitrogens with zero attached hydrogens (tertiary/aromatic N) is 1. The Kier molecular flexibility index (Phi) is 8.02. The van der Waals surface area contributed by atoms with Crippen LogP contribution in [0.25, 0.3) is 44.5 Å². The van der Waals surface area contributed by atoms with E-state index in [1.165, 1.54) is 89.0 Å². The van der Waals surface area contributed by atoms with Crippen LogP contribution >= 0.6 is 0 Å². The summed E-state index contributed by atoms with van der Waals surface area (Å²) in [5.41, 5.74) is 24.3. The van der Waals surface area contributed by atoms with Gasteiger partial charge in [-0.2, -0.15) is 0 Å². The highest BCUT2D eigenvalue weighted by Gasteiger charge is 2.52. The van der Waals surface area contributed by atoms with Crippen LogP contribution < -0.4 is 4.90 Å². The molecule has 0 radical (unpaired) electrons. The predicted molar refractivity (Wildman–Crippen MR) is 258 cm³/mol. The van der Waals surface area contributed by atoms with Crippen LogP contribution in [0.3, 0.4) is 0 Å². The average Bonchev–Trinajstić information content (AvgIpc) is 3.81. The Bertz CT molecular complexity index is 3010. The molecule has 298 valence electrons. The van der Waals surface area contributed by atoms with E-state index < -0.39 is 5.41 Å². The van der Waals surface area contributed by atoms with Crippen LogP contribution in [0, 0.1) is 0 Å². The van der Waals surface area contributed by atoms with Crippen molar-refractivity contribution in [2.75, 3.05) is 4.90 Å². The van der Waals surface area contributed by atoms with Gasteiger partial charge in [-0.3, -0.25) is 0 Å². The third kappa shape index (κ3) is 5.39. The summed E-state index contributed by atoms with van der Waals surface area (Å²) in [6.45, 7) is 18.8. The second-order valence-electron chi connectivity index (χ2n) is 20.2. The molecule has 3 aliphatic carbocycles. The van der Waals surface area contributed by atoms with Crippen molar-refractivity contribution in [3.8, 4) is 44.5 Å². The maximum Gasteiger partial charge on any atom is 0.0725 e. The van der Waals surface area contributed by atoms with Crippen molar-refractivity contribution in [2.45, 2.75) is 77.0 Å². The Morgan fingerprint density at radius 1 is 0.344 bits per heavy atom. The van der Waals surface area contributed by atoms with Gasteiger partial charge in [0.25, 0.3) is 0 Å². The summed E-state index contributed by atoms with van der Waals surface area (Å²) in [6, 6.07) is 67.1. The molecule has 0 aromatic heterocycles. The van der Waals surface area contributed by atoms with Gasteiger partial charge in [0.2, 0.25) is 0 Å². The minimum Gasteiger partial charge on any atom is -0.310 e. The highest BCUT2D eigenvalue weighted by molar-refractivity contribution is 5.98. The Hall–Kier alpha value is -6.44. The zero-order valence-corrected chi connectivity index (χ0v) is 36.7. The SMILES string of the molecule is CC(C)(C)c1ccc2c(c1)C1(c3ccccc3-c3cc(N(c4ccc5c(c4)-c4ccccc4C5(C)C)c4ccccc4-c4ccccc4)ccc31)c1cc(C(C)(C)C)ccc1-2. The number of fused-ring (bicyclic) bond motifs is 13. The first kappa shape index (κ1) is 37.6. The molecule has 1 nitrogen and oxygen atoms in total. The lowest BCUT2D eigenvalue weighted by Gasteiger charge is -2.33. The fraction of sp³-hybridized carbons (Fsp3) is 0.200. The molecule has 11 rings (SSSR count). The fourth-order valence-corrected chi connectivity index (χ4v) is 11.1. The monoisotopic (exact) mass is 787 g/mol. The molecule has 1 heteroatoms. The standard InChI is InChI=1S/C60H53N/c1-57(2,3)39-26-30-46-47-31-27-40(58(4,5)6)35-55(47)60(54(46)34-39)52-24-16-13-22-45(52)49-37-42(29-33-53(49)60)61(56-25-17-14-20-43(56)38-18-10-9-11-19-38)41-28-32-51-48(36-41)44-21-12-15-23-50(44)59(51,7)8/h9-37H,1-8H3. The molecular formula is C60H53N. The van der Waals surface area contributed by atoms with Crippen LogP contribution in [0.15, 0.2) is 176 Å². The van der Waals surface area contributed by atoms with Crippen molar-refractivity contribution in [3.63, 3.8) is 0 Å². The maximum absolute atomic E-state index is 2.54. The van der Waals surface area contributed by atoms with Crippen molar-refractivity contribution in [2.24, 2.45) is 0 Å². The van der Waals surface area contributed by atoms with Crippen molar-refractivity contribution in [3.05, 3.63) is 220 Å². The first-order valence-electron chi connectivity index (χ1n) is 22.0. The van der Waals surface area contributed by atoms with E-state index in [2.05, 4.69) is 236 Å². The summed E-state index contributed by atoms with van der Waals surface area (Å²) in [6.07, 6.45) is 0. The molecule has 0 aliphatic heterocycles. The van der Waals surface area contributed by atoms with Crippen molar-refractivity contribution < 1.29 is 0 Å². The van der Waals surface area contributed by atoms with Gasteiger partial charge in [0.05, 0.1) is 11.1 Å². The molecule has 3 aliphatic rings. The third-order valence-corrected chi connectivity index (χ3v) is 14.2. The average molecular weight is 788 g/mol. The van der Waals surface area contributed by atoms with Gasteiger partial charge >= 0.3 is 0 Å². The van der Waals surface area contributed by atoms with Gasteiger partial charge in [0, 0.05) is 22.4 Å². The zero-order valence-electron chi connectivity index (χ0n) is 36.7. The van der Waals surface area contributed by atoms with E-state index in [-0.39, 0.29) is 16.2 Å². The molecule has 8 aromatic rings. The molecule has 0 fully saturated rings. The molecule has 61 heavy (non-hydrogen) atoms. The van der Waals surface area contributed by atoms with E-state index in [4.69, 9.17) is 0 Å². The Morgan fingerprint density at radius 2 is 0.770 bits per heavy atom. The number of anilines is 3. The number of hydrogen-bond acceptors (Lipinski definition) is 1. The Balaban J connectivity index is 1.19. The number of para-hydroxylation sites is 1. The highest BCUT2D eigenvalue weighted by atomic mass is 15.1. The molecule has 0 heterocycles. The Morgan fingerprint density at radius 3 is 1.36 bits per heavy atom. The largest absolute Gasteiger partial charge is 0.310 e. The van der Waals surface area contributed by atoms with Crippen LogP contribution in [-0.4, -0.2) is 0 Å². The molecule has 0 unspecified atom stereocenters.